The van der Waals surface area contributed by atoms with Gasteiger partial charge in [-0.2, -0.15) is 5.26 Å². The Morgan fingerprint density at radius 1 is 1.39 bits per heavy atom. The van der Waals surface area contributed by atoms with Crippen molar-refractivity contribution in [2.24, 2.45) is 5.73 Å². The first-order valence-electron chi connectivity index (χ1n) is 6.66. The summed E-state index contributed by atoms with van der Waals surface area (Å²) in [4.78, 5) is 12.3. The summed E-state index contributed by atoms with van der Waals surface area (Å²) in [5.41, 5.74) is 6.83. The van der Waals surface area contributed by atoms with Gasteiger partial charge in [0.25, 0.3) is 0 Å². The third-order valence-electron chi connectivity index (χ3n) is 3.38. The van der Waals surface area contributed by atoms with Crippen LogP contribution in [0.1, 0.15) is 11.5 Å². The highest BCUT2D eigenvalue weighted by Gasteiger charge is 2.37. The van der Waals surface area contributed by atoms with Crippen LogP contribution in [0.3, 0.4) is 0 Å². The summed E-state index contributed by atoms with van der Waals surface area (Å²) in [5.74, 6) is -1.16. The topological polar surface area (TPSA) is 94.6 Å². The number of nitriles is 1. The van der Waals surface area contributed by atoms with Crippen molar-refractivity contribution < 1.29 is 19.0 Å². The number of nitrogens with zero attached hydrogens (tertiary/aromatic N) is 1. The van der Waals surface area contributed by atoms with Crippen LogP contribution in [0.4, 0.5) is 0 Å². The lowest BCUT2D eigenvalue weighted by molar-refractivity contribution is -0.136. The first kappa shape index (κ1) is 16.9. The third kappa shape index (κ3) is 3.31. The number of rotatable bonds is 4. The molecule has 120 valence electrons. The summed E-state index contributed by atoms with van der Waals surface area (Å²) in [6, 6.07) is 8.78. The highest BCUT2D eigenvalue weighted by molar-refractivity contribution is 6.30. The van der Waals surface area contributed by atoms with E-state index in [2.05, 4.69) is 0 Å². The van der Waals surface area contributed by atoms with E-state index in [-0.39, 0.29) is 29.4 Å². The summed E-state index contributed by atoms with van der Waals surface area (Å²) in [5, 5.41) is 9.98. The number of esters is 1. The molecule has 0 radical (unpaired) electrons. The van der Waals surface area contributed by atoms with Gasteiger partial charge in [-0.1, -0.05) is 23.7 Å². The molecule has 0 aliphatic carbocycles. The Bertz CT molecular complexity index is 717. The zero-order chi connectivity index (χ0) is 17.0. The minimum Gasteiger partial charge on any atom is -0.466 e. The molecule has 1 unspecified atom stereocenters. The van der Waals surface area contributed by atoms with Gasteiger partial charge in [0.2, 0.25) is 5.88 Å². The molecular formula is C16H15ClN2O4. The zero-order valence-electron chi connectivity index (χ0n) is 12.6. The number of methoxy groups -OCH3 is 2. The van der Waals surface area contributed by atoms with E-state index in [9.17, 15) is 10.1 Å². The van der Waals surface area contributed by atoms with E-state index in [0.29, 0.717) is 10.6 Å². The molecule has 1 heterocycles. The van der Waals surface area contributed by atoms with Crippen molar-refractivity contribution in [1.29, 1.82) is 5.26 Å². The fourth-order valence-electron chi connectivity index (χ4n) is 2.38. The summed E-state index contributed by atoms with van der Waals surface area (Å²) in [6.07, 6.45) is 0. The number of halogens is 1. The number of hydrogen-bond donors (Lipinski definition) is 1. The molecule has 0 aromatic heterocycles. The molecule has 1 aromatic rings. The maximum Gasteiger partial charge on any atom is 0.338 e. The lowest BCUT2D eigenvalue weighted by Crippen LogP contribution is -2.27. The van der Waals surface area contributed by atoms with Crippen LogP contribution in [-0.2, 0) is 19.0 Å². The van der Waals surface area contributed by atoms with Gasteiger partial charge < -0.3 is 19.9 Å². The average Bonchev–Trinajstić information content (AvgIpc) is 2.54. The fraction of sp³-hybridized carbons (Fsp3) is 0.250. The Morgan fingerprint density at radius 3 is 2.57 bits per heavy atom. The fourth-order valence-corrected chi connectivity index (χ4v) is 2.50. The molecular weight excluding hydrogens is 320 g/mol. The van der Waals surface area contributed by atoms with Gasteiger partial charge in [0.05, 0.1) is 18.6 Å². The van der Waals surface area contributed by atoms with Crippen molar-refractivity contribution >= 4 is 17.6 Å². The number of allylic oxidation sites excluding steroid dienone is 1. The van der Waals surface area contributed by atoms with Gasteiger partial charge in [-0.05, 0) is 17.7 Å². The number of hydrogen-bond acceptors (Lipinski definition) is 6. The maximum absolute atomic E-state index is 12.3. The summed E-state index contributed by atoms with van der Waals surface area (Å²) in [7, 11) is 2.72. The van der Waals surface area contributed by atoms with Crippen molar-refractivity contribution in [2.45, 2.75) is 5.92 Å². The zero-order valence-corrected chi connectivity index (χ0v) is 13.4. The smallest absolute Gasteiger partial charge is 0.338 e. The quantitative estimate of drug-likeness (QED) is 0.848. The van der Waals surface area contributed by atoms with Crippen LogP contribution in [-0.4, -0.2) is 26.8 Å². The van der Waals surface area contributed by atoms with Gasteiger partial charge in [-0.3, -0.25) is 0 Å². The van der Waals surface area contributed by atoms with Gasteiger partial charge in [0, 0.05) is 12.1 Å². The van der Waals surface area contributed by atoms with E-state index in [1.807, 2.05) is 6.07 Å². The highest BCUT2D eigenvalue weighted by atomic mass is 35.5. The van der Waals surface area contributed by atoms with Crippen molar-refractivity contribution in [3.8, 4) is 6.07 Å². The third-order valence-corrected chi connectivity index (χ3v) is 3.63. The van der Waals surface area contributed by atoms with E-state index < -0.39 is 11.9 Å². The molecule has 1 aliphatic rings. The predicted octanol–water partition coefficient (Wildman–Crippen LogP) is 2.22. The van der Waals surface area contributed by atoms with Crippen LogP contribution < -0.4 is 5.73 Å². The molecule has 0 amide bonds. The van der Waals surface area contributed by atoms with Gasteiger partial charge in [-0.15, -0.1) is 0 Å². The summed E-state index contributed by atoms with van der Waals surface area (Å²) >= 11 is 5.90. The number of benzene rings is 1. The molecule has 0 saturated heterocycles. The molecule has 2 rings (SSSR count). The second kappa shape index (κ2) is 7.18. The molecule has 2 N–H and O–H groups in total. The molecule has 1 aromatic carbocycles. The van der Waals surface area contributed by atoms with Crippen LogP contribution in [0, 0.1) is 11.3 Å². The Labute approximate surface area is 138 Å². The molecule has 0 bridgehead atoms. The van der Waals surface area contributed by atoms with Gasteiger partial charge in [0.15, 0.2) is 0 Å². The van der Waals surface area contributed by atoms with E-state index in [1.165, 1.54) is 14.2 Å². The van der Waals surface area contributed by atoms with Gasteiger partial charge in [-0.25, -0.2) is 4.79 Å². The van der Waals surface area contributed by atoms with Crippen molar-refractivity contribution in [2.75, 3.05) is 20.8 Å². The van der Waals surface area contributed by atoms with Crippen molar-refractivity contribution in [3.63, 3.8) is 0 Å². The molecule has 0 spiro atoms. The number of nitrogens with two attached hydrogens (primary N) is 1. The van der Waals surface area contributed by atoms with Crippen molar-refractivity contribution in [1.82, 2.24) is 0 Å². The Morgan fingerprint density at radius 2 is 2.04 bits per heavy atom. The molecule has 1 atom stereocenters. The molecule has 0 fully saturated rings. The van der Waals surface area contributed by atoms with E-state index in [4.69, 9.17) is 31.5 Å². The second-order valence-electron chi connectivity index (χ2n) is 4.74. The molecule has 6 nitrogen and oxygen atoms in total. The van der Waals surface area contributed by atoms with Crippen LogP contribution in [0.25, 0.3) is 0 Å². The lowest BCUT2D eigenvalue weighted by Gasteiger charge is -2.27. The van der Waals surface area contributed by atoms with E-state index in [1.54, 1.807) is 24.3 Å². The predicted molar refractivity (Wildman–Crippen MR) is 83.0 cm³/mol. The average molecular weight is 335 g/mol. The number of ether oxygens (including phenoxy) is 3. The highest BCUT2D eigenvalue weighted by Crippen LogP contribution is 2.39. The summed E-state index contributed by atoms with van der Waals surface area (Å²) in [6.45, 7) is 0.0218. The van der Waals surface area contributed by atoms with Crippen LogP contribution in [0.5, 0.6) is 0 Å². The number of carbonyl (C=O) groups is 1. The van der Waals surface area contributed by atoms with Crippen LogP contribution >= 0.6 is 11.6 Å². The Hall–Kier alpha value is -2.49. The van der Waals surface area contributed by atoms with Gasteiger partial charge >= 0.3 is 5.97 Å². The molecule has 23 heavy (non-hydrogen) atoms. The van der Waals surface area contributed by atoms with E-state index >= 15 is 0 Å². The van der Waals surface area contributed by atoms with Crippen LogP contribution in [0.15, 0.2) is 47.1 Å². The first-order valence-corrected chi connectivity index (χ1v) is 7.04. The SMILES string of the molecule is COCC1=C(C(=O)OC)C(c2ccc(Cl)cc2)C(C#N)=C(N)O1. The second-order valence-corrected chi connectivity index (χ2v) is 5.17. The summed E-state index contributed by atoms with van der Waals surface area (Å²) < 4.78 is 15.3. The molecule has 7 heteroatoms. The minimum atomic E-state index is -0.705. The Balaban J connectivity index is 2.65. The monoisotopic (exact) mass is 334 g/mol. The largest absolute Gasteiger partial charge is 0.466 e. The van der Waals surface area contributed by atoms with Crippen molar-refractivity contribution in [3.05, 3.63) is 57.6 Å². The van der Waals surface area contributed by atoms with Crippen LogP contribution in [0.2, 0.25) is 5.02 Å². The Kier molecular flexibility index (Phi) is 5.27. The first-order chi connectivity index (χ1) is 11.0. The normalized spacial score (nSPS) is 17.6. The number of carbonyl (C=O) groups excluding carboxylic acids is 1. The molecule has 0 saturated carbocycles. The van der Waals surface area contributed by atoms with Gasteiger partial charge in [0.1, 0.15) is 24.0 Å². The lowest BCUT2D eigenvalue weighted by atomic mass is 9.83. The van der Waals surface area contributed by atoms with E-state index in [0.717, 1.165) is 0 Å². The maximum atomic E-state index is 12.3. The minimum absolute atomic E-state index is 0.0218. The molecule has 1 aliphatic heterocycles. The standard InChI is InChI=1S/C16H15ClN2O4/c1-21-8-12-14(16(20)22-2)13(11(7-18)15(19)23-12)9-3-5-10(17)6-4-9/h3-6,13H,8,19H2,1-2H3.